The van der Waals surface area contributed by atoms with Crippen LogP contribution in [-0.4, -0.2) is 27.5 Å². The number of carbonyl (C=O) groups is 1. The van der Waals surface area contributed by atoms with E-state index in [0.29, 0.717) is 41.0 Å². The molecule has 4 aromatic carbocycles. The second-order valence-electron chi connectivity index (χ2n) is 9.55. The molecule has 0 radical (unpaired) electrons. The van der Waals surface area contributed by atoms with Gasteiger partial charge < -0.3 is 14.8 Å². The topological polar surface area (TPSA) is 84.9 Å². The number of nitrogens with one attached hydrogen (secondary N) is 1. The summed E-state index contributed by atoms with van der Waals surface area (Å²) in [6.07, 6.45) is 0. The van der Waals surface area contributed by atoms with Gasteiger partial charge in [-0.3, -0.25) is 9.10 Å². The Bertz CT molecular complexity index is 1630. The molecule has 206 valence electrons. The fraction of sp³-hybridized carbons (Fsp3) is 0.194. The fourth-order valence-electron chi connectivity index (χ4n) is 4.49. The molecule has 0 spiro atoms. The first kappa shape index (κ1) is 27.6. The smallest absolute Gasteiger partial charge is 0.264 e. The van der Waals surface area contributed by atoms with Crippen molar-refractivity contribution in [2.45, 2.75) is 31.3 Å². The van der Waals surface area contributed by atoms with Gasteiger partial charge in [0.2, 0.25) is 0 Å². The number of nitrogens with zero attached hydrogens (tertiary/aromatic N) is 1. The molecule has 4 aromatic rings. The van der Waals surface area contributed by atoms with Crippen LogP contribution in [0.1, 0.15) is 40.0 Å². The highest BCUT2D eigenvalue weighted by Gasteiger charge is 2.27. The van der Waals surface area contributed by atoms with Crippen LogP contribution in [0.15, 0.2) is 95.9 Å². The number of benzene rings is 4. The molecular formula is C31H29ClN2O5S. The predicted molar refractivity (Wildman–Crippen MR) is 156 cm³/mol. The lowest BCUT2D eigenvalue weighted by Crippen LogP contribution is -2.31. The fourth-order valence-corrected chi connectivity index (χ4v) is 6.19. The third-order valence-electron chi connectivity index (χ3n) is 6.73. The first-order valence-electron chi connectivity index (χ1n) is 12.9. The minimum Gasteiger partial charge on any atom is -0.486 e. The minimum atomic E-state index is -3.90. The Balaban J connectivity index is 1.35. The number of sulfonamides is 1. The van der Waals surface area contributed by atoms with E-state index in [2.05, 4.69) is 5.32 Å². The average molecular weight is 577 g/mol. The zero-order valence-corrected chi connectivity index (χ0v) is 23.7. The van der Waals surface area contributed by atoms with E-state index in [1.54, 1.807) is 72.8 Å². The van der Waals surface area contributed by atoms with E-state index in [9.17, 15) is 13.2 Å². The van der Waals surface area contributed by atoms with E-state index < -0.39 is 10.0 Å². The maximum absolute atomic E-state index is 13.7. The molecule has 0 fully saturated rings. The van der Waals surface area contributed by atoms with Crippen molar-refractivity contribution in [2.75, 3.05) is 17.5 Å². The highest BCUT2D eigenvalue weighted by Crippen LogP contribution is 2.33. The summed E-state index contributed by atoms with van der Waals surface area (Å²) in [7, 11) is -3.90. The zero-order chi connectivity index (χ0) is 28.3. The van der Waals surface area contributed by atoms with Crippen molar-refractivity contribution in [2.24, 2.45) is 0 Å². The first-order chi connectivity index (χ1) is 19.2. The molecule has 1 aliphatic heterocycles. The number of rotatable bonds is 8. The molecule has 5 rings (SSSR count). The first-order valence-corrected chi connectivity index (χ1v) is 14.7. The summed E-state index contributed by atoms with van der Waals surface area (Å²) in [5, 5.41) is 3.45. The maximum atomic E-state index is 13.7. The van der Waals surface area contributed by atoms with Gasteiger partial charge in [0, 0.05) is 10.6 Å². The van der Waals surface area contributed by atoms with E-state index in [1.807, 2.05) is 32.0 Å². The molecule has 7 nitrogen and oxygen atoms in total. The monoisotopic (exact) mass is 576 g/mol. The second-order valence-corrected chi connectivity index (χ2v) is 11.8. The highest BCUT2D eigenvalue weighted by atomic mass is 35.5. The summed E-state index contributed by atoms with van der Waals surface area (Å²) in [5.41, 5.74) is 3.34. The van der Waals surface area contributed by atoms with Crippen molar-refractivity contribution in [3.05, 3.63) is 118 Å². The zero-order valence-electron chi connectivity index (χ0n) is 22.1. The van der Waals surface area contributed by atoms with Crippen molar-refractivity contribution in [3.8, 4) is 11.5 Å². The van der Waals surface area contributed by atoms with Gasteiger partial charge >= 0.3 is 0 Å². The predicted octanol–water partition coefficient (Wildman–Crippen LogP) is 6.31. The van der Waals surface area contributed by atoms with Gasteiger partial charge in [0.05, 0.1) is 23.2 Å². The largest absolute Gasteiger partial charge is 0.486 e. The molecule has 1 atom stereocenters. The molecule has 0 saturated heterocycles. The molecule has 0 aromatic heterocycles. The second kappa shape index (κ2) is 11.6. The lowest BCUT2D eigenvalue weighted by atomic mass is 10.1. The SMILES string of the molecule is Cc1ccc(Cl)cc1N(Cc1ccc(C(=O)N[C@@H](C)c2ccc3c(c2)OCCO3)cc1)S(=O)(=O)c1ccccc1. The van der Waals surface area contributed by atoms with E-state index in [4.69, 9.17) is 21.1 Å². The number of amides is 1. The number of aryl methyl sites for hydroxylation is 1. The molecule has 0 unspecified atom stereocenters. The van der Waals surface area contributed by atoms with Crippen molar-refractivity contribution in [1.29, 1.82) is 0 Å². The Hall–Kier alpha value is -4.01. The van der Waals surface area contributed by atoms with Crippen LogP contribution in [-0.2, 0) is 16.6 Å². The number of fused-ring (bicyclic) bond motifs is 1. The van der Waals surface area contributed by atoms with Crippen molar-refractivity contribution >= 4 is 33.2 Å². The Morgan fingerprint density at radius 2 is 1.62 bits per heavy atom. The van der Waals surface area contributed by atoms with Crippen molar-refractivity contribution < 1.29 is 22.7 Å². The van der Waals surface area contributed by atoms with Crippen LogP contribution in [0.25, 0.3) is 0 Å². The van der Waals surface area contributed by atoms with Gasteiger partial charge in [-0.15, -0.1) is 0 Å². The Morgan fingerprint density at radius 3 is 2.35 bits per heavy atom. The van der Waals surface area contributed by atoms with Crippen LogP contribution < -0.4 is 19.1 Å². The van der Waals surface area contributed by atoms with E-state index >= 15 is 0 Å². The van der Waals surface area contributed by atoms with Gasteiger partial charge in [-0.25, -0.2) is 8.42 Å². The molecule has 40 heavy (non-hydrogen) atoms. The molecular weight excluding hydrogens is 548 g/mol. The maximum Gasteiger partial charge on any atom is 0.264 e. The lowest BCUT2D eigenvalue weighted by molar-refractivity contribution is 0.0939. The van der Waals surface area contributed by atoms with Gasteiger partial charge in [-0.1, -0.05) is 54.1 Å². The average Bonchev–Trinajstić information content (AvgIpc) is 2.97. The lowest BCUT2D eigenvalue weighted by Gasteiger charge is -2.26. The Labute approximate surface area is 239 Å². The van der Waals surface area contributed by atoms with Crippen LogP contribution in [0.5, 0.6) is 11.5 Å². The van der Waals surface area contributed by atoms with Gasteiger partial charge in [0.1, 0.15) is 13.2 Å². The van der Waals surface area contributed by atoms with Crippen molar-refractivity contribution in [1.82, 2.24) is 5.32 Å². The normalized spacial score (nSPS) is 13.4. The summed E-state index contributed by atoms with van der Waals surface area (Å²) in [5.74, 6) is 1.12. The van der Waals surface area contributed by atoms with Gasteiger partial charge in [0.25, 0.3) is 15.9 Å². The number of carbonyl (C=O) groups excluding carboxylic acids is 1. The summed E-state index contributed by atoms with van der Waals surface area (Å²) in [4.78, 5) is 13.2. The van der Waals surface area contributed by atoms with E-state index in [-0.39, 0.29) is 23.4 Å². The molecule has 0 bridgehead atoms. The quantitative estimate of drug-likeness (QED) is 0.266. The summed E-state index contributed by atoms with van der Waals surface area (Å²) in [6, 6.07) is 25.7. The van der Waals surface area contributed by atoms with Crippen LogP contribution in [0, 0.1) is 6.92 Å². The number of hydrogen-bond acceptors (Lipinski definition) is 5. The van der Waals surface area contributed by atoms with Gasteiger partial charge in [-0.05, 0) is 79.1 Å². The van der Waals surface area contributed by atoms with Crippen LogP contribution in [0.4, 0.5) is 5.69 Å². The van der Waals surface area contributed by atoms with Gasteiger partial charge in [-0.2, -0.15) is 0 Å². The highest BCUT2D eigenvalue weighted by molar-refractivity contribution is 7.92. The van der Waals surface area contributed by atoms with Crippen LogP contribution >= 0.6 is 11.6 Å². The van der Waals surface area contributed by atoms with Crippen molar-refractivity contribution in [3.63, 3.8) is 0 Å². The number of anilines is 1. The molecule has 1 aliphatic rings. The number of ether oxygens (including phenoxy) is 2. The molecule has 1 N–H and O–H groups in total. The third-order valence-corrected chi connectivity index (χ3v) is 8.74. The summed E-state index contributed by atoms with van der Waals surface area (Å²) >= 11 is 6.26. The van der Waals surface area contributed by atoms with E-state index in [1.165, 1.54) is 4.31 Å². The van der Waals surface area contributed by atoms with Crippen LogP contribution in [0.2, 0.25) is 5.02 Å². The molecule has 9 heteroatoms. The third kappa shape index (κ3) is 5.93. The van der Waals surface area contributed by atoms with E-state index in [0.717, 1.165) is 16.7 Å². The Kier molecular flexibility index (Phi) is 8.00. The van der Waals surface area contributed by atoms with Gasteiger partial charge in [0.15, 0.2) is 11.5 Å². The summed E-state index contributed by atoms with van der Waals surface area (Å²) < 4.78 is 40.0. The Morgan fingerprint density at radius 1 is 0.925 bits per heavy atom. The number of hydrogen-bond donors (Lipinski definition) is 1. The summed E-state index contributed by atoms with van der Waals surface area (Å²) in [6.45, 7) is 4.81. The van der Waals surface area contributed by atoms with Crippen LogP contribution in [0.3, 0.4) is 0 Å². The number of halogens is 1. The molecule has 0 saturated carbocycles. The standard InChI is InChI=1S/C31H29ClN2O5S/c1-21-8-14-26(32)19-28(21)34(40(36,37)27-6-4-3-5-7-27)20-23-9-11-24(12-10-23)31(35)33-22(2)25-13-15-29-30(18-25)39-17-16-38-29/h3-15,18-19,22H,16-17,20H2,1-2H3,(H,33,35)/t22-/m0/s1. The molecule has 0 aliphatic carbocycles. The minimum absolute atomic E-state index is 0.0634. The molecule has 1 amide bonds. The molecule has 1 heterocycles.